The second kappa shape index (κ2) is 7.03. The maximum absolute atomic E-state index is 13.0. The molecule has 1 aromatic carbocycles. The Labute approximate surface area is 101 Å². The van der Waals surface area contributed by atoms with Crippen molar-refractivity contribution in [2.75, 3.05) is 6.54 Å². The molecular formula is C14H17F2N. The molecule has 0 aromatic heterocycles. The molecule has 0 radical (unpaired) electrons. The molecule has 0 aliphatic carbocycles. The van der Waals surface area contributed by atoms with Crippen LogP contribution >= 0.6 is 0 Å². The fraction of sp³-hybridized carbons (Fsp3) is 0.429. The van der Waals surface area contributed by atoms with E-state index in [9.17, 15) is 8.78 Å². The second-order valence-electron chi connectivity index (χ2n) is 3.95. The lowest BCUT2D eigenvalue weighted by molar-refractivity contribution is 0.487. The molecule has 3 heteroatoms. The lowest BCUT2D eigenvalue weighted by atomic mass is 10.0. The van der Waals surface area contributed by atoms with Crippen LogP contribution in [-0.2, 0) is 6.42 Å². The summed E-state index contributed by atoms with van der Waals surface area (Å²) in [5, 5.41) is 3.29. The molecule has 1 rings (SSSR count). The van der Waals surface area contributed by atoms with Gasteiger partial charge in [-0.15, -0.1) is 12.3 Å². The van der Waals surface area contributed by atoms with E-state index in [-0.39, 0.29) is 6.04 Å². The van der Waals surface area contributed by atoms with Crippen molar-refractivity contribution >= 4 is 0 Å². The van der Waals surface area contributed by atoms with Crippen LogP contribution in [-0.4, -0.2) is 12.6 Å². The fourth-order valence-electron chi connectivity index (χ4n) is 1.77. The first-order chi connectivity index (χ1) is 8.17. The largest absolute Gasteiger partial charge is 0.314 e. The molecule has 1 atom stereocenters. The van der Waals surface area contributed by atoms with E-state index >= 15 is 0 Å². The van der Waals surface area contributed by atoms with E-state index in [1.54, 1.807) is 6.07 Å². The molecule has 0 saturated heterocycles. The van der Waals surface area contributed by atoms with Gasteiger partial charge >= 0.3 is 0 Å². The Morgan fingerprint density at radius 2 is 2.12 bits per heavy atom. The van der Waals surface area contributed by atoms with E-state index in [0.29, 0.717) is 12.8 Å². The van der Waals surface area contributed by atoms with Gasteiger partial charge in [0.1, 0.15) is 0 Å². The standard InChI is InChI=1S/C14H17F2N/c1-3-5-6-12(17-4-2)9-11-7-8-13(15)14(16)10-11/h1,7-8,10,12,17H,4-6,9H2,2H3. The van der Waals surface area contributed by atoms with Gasteiger partial charge in [-0.3, -0.25) is 0 Å². The van der Waals surface area contributed by atoms with Crippen LogP contribution in [0.5, 0.6) is 0 Å². The average molecular weight is 237 g/mol. The third kappa shape index (κ3) is 4.54. The molecule has 1 nitrogen and oxygen atoms in total. The third-order valence-electron chi connectivity index (χ3n) is 2.60. The van der Waals surface area contributed by atoms with Gasteiger partial charge in [0, 0.05) is 12.5 Å². The van der Waals surface area contributed by atoms with E-state index in [1.165, 1.54) is 6.07 Å². The zero-order valence-corrected chi connectivity index (χ0v) is 9.97. The SMILES string of the molecule is C#CCCC(Cc1ccc(F)c(F)c1)NCC. The molecule has 1 unspecified atom stereocenters. The number of hydrogen-bond acceptors (Lipinski definition) is 1. The van der Waals surface area contributed by atoms with Crippen molar-refractivity contribution in [3.8, 4) is 12.3 Å². The van der Waals surface area contributed by atoms with Crippen LogP contribution in [0, 0.1) is 24.0 Å². The van der Waals surface area contributed by atoms with Crippen LogP contribution < -0.4 is 5.32 Å². The van der Waals surface area contributed by atoms with Crippen LogP contribution in [0.4, 0.5) is 8.78 Å². The quantitative estimate of drug-likeness (QED) is 0.750. The Hall–Kier alpha value is -1.40. The van der Waals surface area contributed by atoms with Crippen molar-refractivity contribution in [1.82, 2.24) is 5.32 Å². The molecule has 0 aliphatic rings. The highest BCUT2D eigenvalue weighted by Crippen LogP contribution is 2.12. The summed E-state index contributed by atoms with van der Waals surface area (Å²) in [6.45, 7) is 2.84. The minimum Gasteiger partial charge on any atom is -0.314 e. The Bertz CT molecular complexity index is 396. The summed E-state index contributed by atoms with van der Waals surface area (Å²) < 4.78 is 25.8. The molecule has 17 heavy (non-hydrogen) atoms. The predicted octanol–water partition coefficient (Wildman–Crippen LogP) is 2.90. The first-order valence-electron chi connectivity index (χ1n) is 5.78. The van der Waals surface area contributed by atoms with E-state index < -0.39 is 11.6 Å². The van der Waals surface area contributed by atoms with Crippen molar-refractivity contribution in [3.05, 3.63) is 35.4 Å². The minimum absolute atomic E-state index is 0.209. The Kier molecular flexibility index (Phi) is 5.65. The second-order valence-corrected chi connectivity index (χ2v) is 3.95. The highest BCUT2D eigenvalue weighted by Gasteiger charge is 2.09. The maximum atomic E-state index is 13.0. The van der Waals surface area contributed by atoms with Crippen molar-refractivity contribution in [2.24, 2.45) is 0 Å². The zero-order chi connectivity index (χ0) is 12.7. The summed E-state index contributed by atoms with van der Waals surface area (Å²) in [5.41, 5.74) is 0.784. The number of benzene rings is 1. The first kappa shape index (κ1) is 13.7. The van der Waals surface area contributed by atoms with E-state index in [1.807, 2.05) is 6.92 Å². The predicted molar refractivity (Wildman–Crippen MR) is 65.6 cm³/mol. The lowest BCUT2D eigenvalue weighted by Gasteiger charge is -2.16. The van der Waals surface area contributed by atoms with Gasteiger partial charge in [0.15, 0.2) is 11.6 Å². The Morgan fingerprint density at radius 1 is 1.35 bits per heavy atom. The van der Waals surface area contributed by atoms with E-state index in [0.717, 1.165) is 24.6 Å². The van der Waals surface area contributed by atoms with Crippen LogP contribution in [0.2, 0.25) is 0 Å². The highest BCUT2D eigenvalue weighted by atomic mass is 19.2. The number of nitrogens with one attached hydrogen (secondary N) is 1. The zero-order valence-electron chi connectivity index (χ0n) is 9.97. The molecule has 92 valence electrons. The van der Waals surface area contributed by atoms with Crippen molar-refractivity contribution in [2.45, 2.75) is 32.2 Å². The van der Waals surface area contributed by atoms with Crippen molar-refractivity contribution < 1.29 is 8.78 Å². The molecule has 0 heterocycles. The van der Waals surface area contributed by atoms with Crippen LogP contribution in [0.3, 0.4) is 0 Å². The molecule has 0 amide bonds. The molecule has 0 aliphatic heterocycles. The number of likely N-dealkylation sites (N-methyl/N-ethyl adjacent to an activating group) is 1. The third-order valence-corrected chi connectivity index (χ3v) is 2.60. The topological polar surface area (TPSA) is 12.0 Å². The normalized spacial score (nSPS) is 12.1. The Morgan fingerprint density at radius 3 is 2.71 bits per heavy atom. The van der Waals surface area contributed by atoms with Crippen molar-refractivity contribution in [3.63, 3.8) is 0 Å². The van der Waals surface area contributed by atoms with Gasteiger partial charge in [-0.25, -0.2) is 8.78 Å². The van der Waals surface area contributed by atoms with Gasteiger partial charge in [0.05, 0.1) is 0 Å². The summed E-state index contributed by atoms with van der Waals surface area (Å²) in [5.74, 6) is 0.984. The van der Waals surface area contributed by atoms with Gasteiger partial charge in [0.2, 0.25) is 0 Å². The first-order valence-corrected chi connectivity index (χ1v) is 5.78. The number of halogens is 2. The number of terminal acetylenes is 1. The summed E-state index contributed by atoms with van der Waals surface area (Å²) in [6.07, 6.45) is 7.40. The van der Waals surface area contributed by atoms with Crippen molar-refractivity contribution in [1.29, 1.82) is 0 Å². The molecule has 1 aromatic rings. The smallest absolute Gasteiger partial charge is 0.159 e. The van der Waals surface area contributed by atoms with Crippen LogP contribution in [0.15, 0.2) is 18.2 Å². The lowest BCUT2D eigenvalue weighted by Crippen LogP contribution is -2.30. The molecular weight excluding hydrogens is 220 g/mol. The van der Waals surface area contributed by atoms with E-state index in [2.05, 4.69) is 11.2 Å². The number of rotatable bonds is 6. The van der Waals surface area contributed by atoms with Gasteiger partial charge in [-0.2, -0.15) is 0 Å². The fourth-order valence-corrected chi connectivity index (χ4v) is 1.77. The van der Waals surface area contributed by atoms with Crippen LogP contribution in [0.25, 0.3) is 0 Å². The molecule has 0 spiro atoms. The average Bonchev–Trinajstić information content (AvgIpc) is 2.31. The Balaban J connectivity index is 2.65. The molecule has 0 fully saturated rings. The summed E-state index contributed by atoms with van der Waals surface area (Å²) >= 11 is 0. The van der Waals surface area contributed by atoms with Gasteiger partial charge in [-0.1, -0.05) is 13.0 Å². The summed E-state index contributed by atoms with van der Waals surface area (Å²) in [4.78, 5) is 0. The monoisotopic (exact) mass is 237 g/mol. The number of hydrogen-bond donors (Lipinski definition) is 1. The molecule has 0 bridgehead atoms. The highest BCUT2D eigenvalue weighted by molar-refractivity contribution is 5.18. The van der Waals surface area contributed by atoms with E-state index in [4.69, 9.17) is 6.42 Å². The van der Waals surface area contributed by atoms with Crippen LogP contribution in [0.1, 0.15) is 25.3 Å². The molecule has 1 N–H and O–H groups in total. The van der Waals surface area contributed by atoms with Gasteiger partial charge in [-0.05, 0) is 37.1 Å². The maximum Gasteiger partial charge on any atom is 0.159 e. The summed E-state index contributed by atoms with van der Waals surface area (Å²) in [7, 11) is 0. The van der Waals surface area contributed by atoms with Gasteiger partial charge in [0.25, 0.3) is 0 Å². The molecule has 0 saturated carbocycles. The van der Waals surface area contributed by atoms with Gasteiger partial charge < -0.3 is 5.32 Å². The summed E-state index contributed by atoms with van der Waals surface area (Å²) in [6, 6.07) is 4.23. The minimum atomic E-state index is -0.808.